The average molecular weight is 210 g/mol. The van der Waals surface area contributed by atoms with Crippen molar-refractivity contribution in [2.24, 2.45) is 23.7 Å². The fourth-order valence-electron chi connectivity index (χ4n) is 2.72. The van der Waals surface area contributed by atoms with E-state index in [1.54, 1.807) is 6.92 Å². The Balaban J connectivity index is 2.79. The zero-order chi connectivity index (χ0) is 11.6. The Morgan fingerprint density at radius 2 is 2.00 bits per heavy atom. The molecule has 2 heteroatoms. The van der Waals surface area contributed by atoms with Crippen LogP contribution in [0.5, 0.6) is 0 Å². The molecule has 86 valence electrons. The molecular weight excluding hydrogens is 188 g/mol. The third-order valence-corrected chi connectivity index (χ3v) is 3.66. The van der Waals surface area contributed by atoms with Gasteiger partial charge in [0.2, 0.25) is 0 Å². The number of ketones is 2. The van der Waals surface area contributed by atoms with Crippen LogP contribution in [0.3, 0.4) is 0 Å². The molecule has 1 fully saturated rings. The monoisotopic (exact) mass is 210 g/mol. The quantitative estimate of drug-likeness (QED) is 0.717. The Morgan fingerprint density at radius 1 is 1.40 bits per heavy atom. The largest absolute Gasteiger partial charge is 0.300 e. The van der Waals surface area contributed by atoms with Crippen molar-refractivity contribution >= 4 is 11.6 Å². The molecule has 1 aliphatic rings. The van der Waals surface area contributed by atoms with Crippen LogP contribution in [0.15, 0.2) is 0 Å². The first kappa shape index (κ1) is 12.4. The lowest BCUT2D eigenvalue weighted by Crippen LogP contribution is -2.37. The Kier molecular flexibility index (Phi) is 4.06. The topological polar surface area (TPSA) is 34.1 Å². The molecule has 0 amide bonds. The first-order valence-corrected chi connectivity index (χ1v) is 5.96. The molecule has 0 N–H and O–H groups in total. The fraction of sp³-hybridized carbons (Fsp3) is 0.846. The molecule has 0 aliphatic heterocycles. The highest BCUT2D eigenvalue weighted by Gasteiger charge is 2.37. The second-order valence-corrected chi connectivity index (χ2v) is 5.30. The molecule has 1 rings (SSSR count). The van der Waals surface area contributed by atoms with E-state index in [1.807, 2.05) is 6.92 Å². The molecule has 1 saturated carbocycles. The summed E-state index contributed by atoms with van der Waals surface area (Å²) in [6.45, 7) is 7.89. The van der Waals surface area contributed by atoms with Gasteiger partial charge in [-0.05, 0) is 31.6 Å². The number of Topliss-reactive ketones (excluding diaryl/α,β-unsaturated/α-hetero) is 2. The molecule has 15 heavy (non-hydrogen) atoms. The van der Waals surface area contributed by atoms with E-state index in [0.717, 1.165) is 12.8 Å². The van der Waals surface area contributed by atoms with Crippen LogP contribution in [0, 0.1) is 23.7 Å². The Morgan fingerprint density at radius 3 is 2.47 bits per heavy atom. The van der Waals surface area contributed by atoms with Gasteiger partial charge >= 0.3 is 0 Å². The molecule has 3 unspecified atom stereocenters. The van der Waals surface area contributed by atoms with Gasteiger partial charge in [0.05, 0.1) is 0 Å². The lowest BCUT2D eigenvalue weighted by atomic mass is 9.68. The van der Waals surface area contributed by atoms with E-state index in [1.165, 1.54) is 0 Å². The maximum Gasteiger partial charge on any atom is 0.139 e. The van der Waals surface area contributed by atoms with Gasteiger partial charge in [-0.1, -0.05) is 20.8 Å². The average Bonchev–Trinajstić information content (AvgIpc) is 2.12. The van der Waals surface area contributed by atoms with Crippen LogP contribution < -0.4 is 0 Å². The van der Waals surface area contributed by atoms with Crippen molar-refractivity contribution in [3.63, 3.8) is 0 Å². The summed E-state index contributed by atoms with van der Waals surface area (Å²) in [5, 5.41) is 0. The summed E-state index contributed by atoms with van der Waals surface area (Å²) in [7, 11) is 0. The Labute approximate surface area is 92.4 Å². The summed E-state index contributed by atoms with van der Waals surface area (Å²) in [6, 6.07) is 0. The molecule has 0 aromatic carbocycles. The van der Waals surface area contributed by atoms with Crippen LogP contribution in [0.2, 0.25) is 0 Å². The summed E-state index contributed by atoms with van der Waals surface area (Å²) in [6.07, 6.45) is 2.55. The second-order valence-electron chi connectivity index (χ2n) is 5.30. The van der Waals surface area contributed by atoms with Gasteiger partial charge in [-0.15, -0.1) is 0 Å². The molecular formula is C13H22O2. The van der Waals surface area contributed by atoms with Crippen molar-refractivity contribution < 1.29 is 9.59 Å². The smallest absolute Gasteiger partial charge is 0.139 e. The predicted octanol–water partition coefficient (Wildman–Crippen LogP) is 2.85. The highest BCUT2D eigenvalue weighted by Crippen LogP contribution is 2.37. The first-order chi connectivity index (χ1) is 6.93. The van der Waals surface area contributed by atoms with Crippen molar-refractivity contribution in [1.82, 2.24) is 0 Å². The SMILES string of the molecule is CC(=O)CC1C(=O)C(C)CCC1C(C)C. The van der Waals surface area contributed by atoms with Gasteiger partial charge in [0, 0.05) is 18.3 Å². The van der Waals surface area contributed by atoms with Crippen LogP contribution >= 0.6 is 0 Å². The van der Waals surface area contributed by atoms with Gasteiger partial charge in [0.1, 0.15) is 11.6 Å². The molecule has 0 heterocycles. The summed E-state index contributed by atoms with van der Waals surface area (Å²) in [5.74, 6) is 1.53. The second kappa shape index (κ2) is 4.91. The molecule has 0 aromatic rings. The molecule has 2 nitrogen and oxygen atoms in total. The lowest BCUT2D eigenvalue weighted by molar-refractivity contribution is -0.135. The van der Waals surface area contributed by atoms with Crippen molar-refractivity contribution in [1.29, 1.82) is 0 Å². The molecule has 0 radical (unpaired) electrons. The molecule has 0 aromatic heterocycles. The minimum Gasteiger partial charge on any atom is -0.300 e. The van der Waals surface area contributed by atoms with Crippen molar-refractivity contribution in [2.45, 2.75) is 47.0 Å². The number of hydrogen-bond acceptors (Lipinski definition) is 2. The van der Waals surface area contributed by atoms with Crippen LogP contribution in [-0.4, -0.2) is 11.6 Å². The van der Waals surface area contributed by atoms with Gasteiger partial charge in [0.15, 0.2) is 0 Å². The van der Waals surface area contributed by atoms with Crippen molar-refractivity contribution in [2.75, 3.05) is 0 Å². The van der Waals surface area contributed by atoms with Gasteiger partial charge < -0.3 is 4.79 Å². The maximum atomic E-state index is 12.0. The van der Waals surface area contributed by atoms with Crippen molar-refractivity contribution in [3.8, 4) is 0 Å². The molecule has 0 saturated heterocycles. The van der Waals surface area contributed by atoms with Crippen molar-refractivity contribution in [3.05, 3.63) is 0 Å². The summed E-state index contributed by atoms with van der Waals surface area (Å²) >= 11 is 0. The Bertz CT molecular complexity index is 255. The lowest BCUT2D eigenvalue weighted by Gasteiger charge is -2.35. The zero-order valence-corrected chi connectivity index (χ0v) is 10.2. The molecule has 3 atom stereocenters. The van der Waals surface area contributed by atoms with Crippen LogP contribution in [-0.2, 0) is 9.59 Å². The van der Waals surface area contributed by atoms with E-state index in [0.29, 0.717) is 24.0 Å². The zero-order valence-electron chi connectivity index (χ0n) is 10.2. The molecule has 0 spiro atoms. The summed E-state index contributed by atoms with van der Waals surface area (Å²) in [5.41, 5.74) is 0. The highest BCUT2D eigenvalue weighted by atomic mass is 16.1. The highest BCUT2D eigenvalue weighted by molar-refractivity contribution is 5.89. The third-order valence-electron chi connectivity index (χ3n) is 3.66. The van der Waals surface area contributed by atoms with E-state index < -0.39 is 0 Å². The normalized spacial score (nSPS) is 32.1. The third kappa shape index (κ3) is 2.90. The first-order valence-electron chi connectivity index (χ1n) is 5.96. The van der Waals surface area contributed by atoms with Gasteiger partial charge in [-0.3, -0.25) is 4.79 Å². The summed E-state index contributed by atoms with van der Waals surface area (Å²) < 4.78 is 0. The minimum atomic E-state index is -0.00810. The molecule has 0 bridgehead atoms. The predicted molar refractivity (Wildman–Crippen MR) is 60.5 cm³/mol. The standard InChI is InChI=1S/C13H22O2/c1-8(2)11-6-5-9(3)13(15)12(11)7-10(4)14/h8-9,11-12H,5-7H2,1-4H3. The van der Waals surface area contributed by atoms with E-state index in [9.17, 15) is 9.59 Å². The Hall–Kier alpha value is -0.660. The van der Waals surface area contributed by atoms with E-state index in [4.69, 9.17) is 0 Å². The van der Waals surface area contributed by atoms with Crippen LogP contribution in [0.25, 0.3) is 0 Å². The number of carbonyl (C=O) groups is 2. The van der Waals surface area contributed by atoms with Gasteiger partial charge in [-0.2, -0.15) is 0 Å². The fourth-order valence-corrected chi connectivity index (χ4v) is 2.72. The van der Waals surface area contributed by atoms with Gasteiger partial charge in [0.25, 0.3) is 0 Å². The van der Waals surface area contributed by atoms with E-state index >= 15 is 0 Å². The summed E-state index contributed by atoms with van der Waals surface area (Å²) in [4.78, 5) is 23.2. The molecule has 1 aliphatic carbocycles. The maximum absolute atomic E-state index is 12.0. The van der Waals surface area contributed by atoms with Crippen LogP contribution in [0.1, 0.15) is 47.0 Å². The number of rotatable bonds is 3. The van der Waals surface area contributed by atoms with Crippen LogP contribution in [0.4, 0.5) is 0 Å². The van der Waals surface area contributed by atoms with E-state index in [2.05, 4.69) is 13.8 Å². The number of carbonyl (C=O) groups excluding carboxylic acids is 2. The van der Waals surface area contributed by atoms with E-state index in [-0.39, 0.29) is 17.6 Å². The minimum absolute atomic E-state index is 0.00810. The van der Waals surface area contributed by atoms with Gasteiger partial charge in [-0.25, -0.2) is 0 Å². The number of hydrogen-bond donors (Lipinski definition) is 0.